The molecule has 1 unspecified atom stereocenters. The molecule has 1 aromatic carbocycles. The predicted octanol–water partition coefficient (Wildman–Crippen LogP) is 2.14. The molecular weight excluding hydrogens is 260 g/mol. The highest BCUT2D eigenvalue weighted by Gasteiger charge is 2.20. The third-order valence-electron chi connectivity index (χ3n) is 4.16. The largest absolute Gasteiger partial charge is 0.369 e. The molecule has 1 aromatic rings. The van der Waals surface area contributed by atoms with Crippen LogP contribution in [0.15, 0.2) is 24.3 Å². The van der Waals surface area contributed by atoms with Crippen molar-refractivity contribution >= 4 is 5.69 Å². The molecule has 1 atom stereocenters. The molecule has 1 aliphatic rings. The minimum absolute atomic E-state index is 0.677. The molecule has 0 bridgehead atoms. The van der Waals surface area contributed by atoms with E-state index in [-0.39, 0.29) is 0 Å². The molecule has 4 heteroatoms. The van der Waals surface area contributed by atoms with Crippen LogP contribution in [0.5, 0.6) is 0 Å². The minimum Gasteiger partial charge on any atom is -0.369 e. The van der Waals surface area contributed by atoms with E-state index in [0.29, 0.717) is 0 Å². The zero-order valence-electron chi connectivity index (χ0n) is 13.2. The minimum atomic E-state index is -0.677. The molecular formula is C17H26N4. The van der Waals surface area contributed by atoms with Gasteiger partial charge in [-0.2, -0.15) is 5.26 Å². The maximum absolute atomic E-state index is 8.92. The number of nitrogens with two attached hydrogens (primary N) is 1. The normalized spacial score (nSPS) is 19.0. The highest BCUT2D eigenvalue weighted by atomic mass is 15.3. The van der Waals surface area contributed by atoms with Crippen LogP contribution in [0.1, 0.15) is 25.3 Å². The van der Waals surface area contributed by atoms with Gasteiger partial charge in [0.1, 0.15) is 5.54 Å². The molecule has 0 aliphatic carbocycles. The van der Waals surface area contributed by atoms with Crippen LogP contribution >= 0.6 is 0 Å². The molecule has 2 N–H and O–H groups in total. The van der Waals surface area contributed by atoms with Crippen molar-refractivity contribution in [3.63, 3.8) is 0 Å². The van der Waals surface area contributed by atoms with Gasteiger partial charge in [-0.1, -0.05) is 12.1 Å². The van der Waals surface area contributed by atoms with E-state index < -0.39 is 5.54 Å². The van der Waals surface area contributed by atoms with E-state index in [2.05, 4.69) is 47.1 Å². The summed E-state index contributed by atoms with van der Waals surface area (Å²) >= 11 is 0. The first-order valence-electron chi connectivity index (χ1n) is 7.74. The van der Waals surface area contributed by atoms with Gasteiger partial charge in [0.05, 0.1) is 6.07 Å². The fourth-order valence-electron chi connectivity index (χ4n) is 2.78. The zero-order chi connectivity index (χ0) is 15.3. The van der Waals surface area contributed by atoms with Gasteiger partial charge in [0.25, 0.3) is 0 Å². The van der Waals surface area contributed by atoms with E-state index in [1.807, 2.05) is 6.92 Å². The lowest BCUT2D eigenvalue weighted by Crippen LogP contribution is -2.47. The number of rotatable bonds is 5. The van der Waals surface area contributed by atoms with Crippen LogP contribution in [0.2, 0.25) is 0 Å². The molecule has 0 amide bonds. The molecule has 1 heterocycles. The molecule has 21 heavy (non-hydrogen) atoms. The first-order valence-corrected chi connectivity index (χ1v) is 7.74. The van der Waals surface area contributed by atoms with E-state index in [4.69, 9.17) is 11.0 Å². The van der Waals surface area contributed by atoms with Crippen molar-refractivity contribution in [1.82, 2.24) is 4.90 Å². The highest BCUT2D eigenvalue weighted by molar-refractivity contribution is 5.48. The molecule has 0 spiro atoms. The quantitative estimate of drug-likeness (QED) is 0.901. The van der Waals surface area contributed by atoms with Gasteiger partial charge in [0.15, 0.2) is 0 Å². The third-order valence-corrected chi connectivity index (χ3v) is 4.16. The van der Waals surface area contributed by atoms with Crippen molar-refractivity contribution in [2.45, 2.75) is 32.2 Å². The Balaban J connectivity index is 1.75. The second kappa shape index (κ2) is 6.93. The number of piperazine rings is 1. The number of anilines is 1. The van der Waals surface area contributed by atoms with E-state index in [9.17, 15) is 0 Å². The Kier molecular flexibility index (Phi) is 5.22. The molecule has 1 fully saturated rings. The van der Waals surface area contributed by atoms with Gasteiger partial charge in [-0.05, 0) is 50.9 Å². The summed E-state index contributed by atoms with van der Waals surface area (Å²) in [6, 6.07) is 10.9. The predicted molar refractivity (Wildman–Crippen MR) is 87.3 cm³/mol. The Hall–Kier alpha value is -1.57. The summed E-state index contributed by atoms with van der Waals surface area (Å²) in [5.41, 5.74) is 7.82. The maximum Gasteiger partial charge on any atom is 0.101 e. The summed E-state index contributed by atoms with van der Waals surface area (Å²) in [7, 11) is 0. The van der Waals surface area contributed by atoms with Gasteiger partial charge in [-0.25, -0.2) is 0 Å². The lowest BCUT2D eigenvalue weighted by molar-refractivity contribution is 0.248. The van der Waals surface area contributed by atoms with Crippen molar-refractivity contribution in [1.29, 1.82) is 5.26 Å². The summed E-state index contributed by atoms with van der Waals surface area (Å²) in [5.74, 6) is 0. The van der Waals surface area contributed by atoms with Gasteiger partial charge in [-0.3, -0.25) is 4.90 Å². The fraction of sp³-hybridized carbons (Fsp3) is 0.588. The van der Waals surface area contributed by atoms with Crippen LogP contribution in [-0.4, -0.2) is 43.2 Å². The monoisotopic (exact) mass is 286 g/mol. The van der Waals surface area contributed by atoms with Crippen LogP contribution < -0.4 is 10.6 Å². The van der Waals surface area contributed by atoms with Gasteiger partial charge < -0.3 is 10.6 Å². The average molecular weight is 286 g/mol. The Bertz CT molecular complexity index is 496. The lowest BCUT2D eigenvalue weighted by atomic mass is 9.99. The van der Waals surface area contributed by atoms with Crippen LogP contribution in [0.3, 0.4) is 0 Å². The maximum atomic E-state index is 8.92. The summed E-state index contributed by atoms with van der Waals surface area (Å²) in [5, 5.41) is 8.92. The topological polar surface area (TPSA) is 56.3 Å². The molecule has 0 saturated carbocycles. The summed E-state index contributed by atoms with van der Waals surface area (Å²) < 4.78 is 0. The first kappa shape index (κ1) is 15.8. The number of nitriles is 1. The van der Waals surface area contributed by atoms with Gasteiger partial charge in [0, 0.05) is 31.9 Å². The molecule has 2 rings (SSSR count). The number of benzene rings is 1. The fourth-order valence-corrected chi connectivity index (χ4v) is 2.78. The van der Waals surface area contributed by atoms with Gasteiger partial charge in [0.2, 0.25) is 0 Å². The summed E-state index contributed by atoms with van der Waals surface area (Å²) in [6.07, 6.45) is 1.76. The molecule has 4 nitrogen and oxygen atoms in total. The molecule has 1 aliphatic heterocycles. The zero-order valence-corrected chi connectivity index (χ0v) is 13.2. The van der Waals surface area contributed by atoms with E-state index >= 15 is 0 Å². The van der Waals surface area contributed by atoms with Crippen LogP contribution in [0.4, 0.5) is 5.69 Å². The number of hydrogen-bond donors (Lipinski definition) is 1. The van der Waals surface area contributed by atoms with E-state index in [1.54, 1.807) is 0 Å². The first-order chi connectivity index (χ1) is 10.00. The Morgan fingerprint density at radius 1 is 1.29 bits per heavy atom. The van der Waals surface area contributed by atoms with Crippen molar-refractivity contribution in [3.05, 3.63) is 29.8 Å². The lowest BCUT2D eigenvalue weighted by Gasteiger charge is -2.36. The standard InChI is InChI=1S/C17H26N4/c1-15-5-3-6-16(13-15)21-11-9-20(10-12-21)8-4-7-17(2,19)14-18/h3,5-6,13H,4,7-12,19H2,1-2H3. The second-order valence-electron chi connectivity index (χ2n) is 6.30. The highest BCUT2D eigenvalue weighted by Crippen LogP contribution is 2.18. The van der Waals surface area contributed by atoms with Crippen molar-refractivity contribution in [3.8, 4) is 6.07 Å². The third kappa shape index (κ3) is 4.73. The van der Waals surface area contributed by atoms with Gasteiger partial charge in [-0.15, -0.1) is 0 Å². The van der Waals surface area contributed by atoms with Crippen molar-refractivity contribution in [2.75, 3.05) is 37.6 Å². The van der Waals surface area contributed by atoms with Gasteiger partial charge >= 0.3 is 0 Å². The molecule has 114 valence electrons. The average Bonchev–Trinajstić information content (AvgIpc) is 2.48. The smallest absolute Gasteiger partial charge is 0.101 e. The number of hydrogen-bond acceptors (Lipinski definition) is 4. The Labute approximate surface area is 128 Å². The second-order valence-corrected chi connectivity index (χ2v) is 6.30. The van der Waals surface area contributed by atoms with Crippen LogP contribution in [0, 0.1) is 18.3 Å². The SMILES string of the molecule is Cc1cccc(N2CCN(CCCC(C)(N)C#N)CC2)c1. The van der Waals surface area contributed by atoms with Crippen LogP contribution in [0.25, 0.3) is 0 Å². The van der Waals surface area contributed by atoms with Crippen molar-refractivity contribution < 1.29 is 0 Å². The molecule has 0 aromatic heterocycles. The molecule has 1 saturated heterocycles. The van der Waals surface area contributed by atoms with E-state index in [0.717, 1.165) is 45.6 Å². The van der Waals surface area contributed by atoms with Crippen LogP contribution in [-0.2, 0) is 0 Å². The summed E-state index contributed by atoms with van der Waals surface area (Å²) in [4.78, 5) is 4.92. The van der Waals surface area contributed by atoms with Crippen molar-refractivity contribution in [2.24, 2.45) is 5.73 Å². The number of aryl methyl sites for hydroxylation is 1. The Morgan fingerprint density at radius 3 is 2.62 bits per heavy atom. The Morgan fingerprint density at radius 2 is 2.00 bits per heavy atom. The summed E-state index contributed by atoms with van der Waals surface area (Å²) in [6.45, 7) is 9.30. The molecule has 0 radical (unpaired) electrons. The van der Waals surface area contributed by atoms with E-state index in [1.165, 1.54) is 11.3 Å². The number of nitrogens with zero attached hydrogens (tertiary/aromatic N) is 3.